The summed E-state index contributed by atoms with van der Waals surface area (Å²) in [5, 5.41) is 8.15. The molecule has 25 heavy (non-hydrogen) atoms. The molecule has 1 saturated heterocycles. The highest BCUT2D eigenvalue weighted by Crippen LogP contribution is 2.21. The Morgan fingerprint density at radius 1 is 1.48 bits per heavy atom. The quantitative estimate of drug-likeness (QED) is 0.783. The zero-order chi connectivity index (χ0) is 17.2. The maximum Gasteiger partial charge on any atom is 0.265 e. The number of hydrogen-bond acceptors (Lipinski definition) is 5. The Labute approximate surface area is 149 Å². The smallest absolute Gasteiger partial charge is 0.265 e. The van der Waals surface area contributed by atoms with E-state index in [0.717, 1.165) is 27.9 Å². The molecule has 0 aliphatic carbocycles. The van der Waals surface area contributed by atoms with Crippen molar-refractivity contribution in [3.8, 4) is 0 Å². The maximum absolute atomic E-state index is 12.8. The van der Waals surface area contributed by atoms with Gasteiger partial charge in [0, 0.05) is 24.4 Å². The second-order valence-corrected chi connectivity index (χ2v) is 7.31. The number of nitrogens with one attached hydrogen (secondary N) is 1. The van der Waals surface area contributed by atoms with Crippen molar-refractivity contribution in [2.75, 3.05) is 26.3 Å². The van der Waals surface area contributed by atoms with E-state index in [-0.39, 0.29) is 11.8 Å². The first-order valence-electron chi connectivity index (χ1n) is 8.40. The average molecular weight is 356 g/mol. The standard InChI is InChI=1S/C18H20N4O2S/c1-12-17(25-11-19-12)18(23)22-4-5-24-10-14(9-22)6-13-2-3-16-15(7-13)8-20-21-16/h2-3,7-8,11,14H,4-6,9-10H2,1H3,(H,20,21)/t14-/m1/s1. The molecule has 0 saturated carbocycles. The first kappa shape index (κ1) is 16.2. The van der Waals surface area contributed by atoms with Gasteiger partial charge in [-0.2, -0.15) is 5.10 Å². The summed E-state index contributed by atoms with van der Waals surface area (Å²) in [5.41, 5.74) is 4.82. The van der Waals surface area contributed by atoms with Gasteiger partial charge >= 0.3 is 0 Å². The number of carbonyl (C=O) groups excluding carboxylic acids is 1. The van der Waals surface area contributed by atoms with Crippen molar-refractivity contribution in [2.24, 2.45) is 5.92 Å². The van der Waals surface area contributed by atoms with Crippen LogP contribution in [0.3, 0.4) is 0 Å². The van der Waals surface area contributed by atoms with Crippen molar-refractivity contribution in [1.29, 1.82) is 0 Å². The molecule has 1 amide bonds. The molecule has 7 heteroatoms. The second kappa shape index (κ2) is 6.93. The molecule has 0 radical (unpaired) electrons. The number of aromatic amines is 1. The summed E-state index contributed by atoms with van der Waals surface area (Å²) >= 11 is 1.41. The first-order chi connectivity index (χ1) is 12.2. The van der Waals surface area contributed by atoms with E-state index in [1.54, 1.807) is 5.51 Å². The van der Waals surface area contributed by atoms with Crippen molar-refractivity contribution in [1.82, 2.24) is 20.1 Å². The number of rotatable bonds is 3. The van der Waals surface area contributed by atoms with Crippen LogP contribution in [0.25, 0.3) is 10.9 Å². The zero-order valence-corrected chi connectivity index (χ0v) is 14.9. The van der Waals surface area contributed by atoms with E-state index in [1.165, 1.54) is 16.9 Å². The third kappa shape index (κ3) is 3.43. The van der Waals surface area contributed by atoms with Crippen molar-refractivity contribution in [3.63, 3.8) is 0 Å². The lowest BCUT2D eigenvalue weighted by molar-refractivity contribution is 0.0741. The van der Waals surface area contributed by atoms with Crippen LogP contribution in [0.2, 0.25) is 0 Å². The number of aromatic nitrogens is 3. The zero-order valence-electron chi connectivity index (χ0n) is 14.1. The van der Waals surface area contributed by atoms with Gasteiger partial charge in [0.15, 0.2) is 0 Å². The minimum Gasteiger partial charge on any atom is -0.379 e. The highest BCUT2D eigenvalue weighted by molar-refractivity contribution is 7.11. The van der Waals surface area contributed by atoms with E-state index in [1.807, 2.05) is 18.0 Å². The largest absolute Gasteiger partial charge is 0.379 e. The summed E-state index contributed by atoms with van der Waals surface area (Å²) in [4.78, 5) is 19.6. The van der Waals surface area contributed by atoms with Gasteiger partial charge in [0.05, 0.1) is 36.1 Å². The van der Waals surface area contributed by atoms with Crippen LogP contribution in [0.1, 0.15) is 20.9 Å². The number of aryl methyl sites for hydroxylation is 1. The number of fused-ring (bicyclic) bond motifs is 1. The van der Waals surface area contributed by atoms with Gasteiger partial charge < -0.3 is 9.64 Å². The Morgan fingerprint density at radius 2 is 2.40 bits per heavy atom. The second-order valence-electron chi connectivity index (χ2n) is 6.45. The van der Waals surface area contributed by atoms with Gasteiger partial charge in [-0.15, -0.1) is 11.3 Å². The van der Waals surface area contributed by atoms with Crippen molar-refractivity contribution >= 4 is 28.1 Å². The predicted octanol–water partition coefficient (Wildman–Crippen LogP) is 2.66. The van der Waals surface area contributed by atoms with Crippen LogP contribution in [0.5, 0.6) is 0 Å². The van der Waals surface area contributed by atoms with Crippen LogP contribution >= 0.6 is 11.3 Å². The molecule has 0 spiro atoms. The lowest BCUT2D eigenvalue weighted by Crippen LogP contribution is -2.36. The topological polar surface area (TPSA) is 71.1 Å². The molecule has 1 aromatic carbocycles. The number of hydrogen-bond donors (Lipinski definition) is 1. The highest BCUT2D eigenvalue weighted by Gasteiger charge is 2.25. The Hall–Kier alpha value is -2.25. The molecule has 1 aliphatic heterocycles. The van der Waals surface area contributed by atoms with Crippen LogP contribution in [-0.2, 0) is 11.2 Å². The molecule has 4 rings (SSSR count). The molecule has 130 valence electrons. The lowest BCUT2D eigenvalue weighted by Gasteiger charge is -2.23. The monoisotopic (exact) mass is 356 g/mol. The number of thiazole rings is 1. The van der Waals surface area contributed by atoms with Crippen molar-refractivity contribution in [3.05, 3.63) is 46.0 Å². The molecule has 1 N–H and O–H groups in total. The summed E-state index contributed by atoms with van der Waals surface area (Å²) in [6, 6.07) is 6.33. The molecule has 1 atom stereocenters. The third-order valence-corrected chi connectivity index (χ3v) is 5.51. The number of ether oxygens (including phenoxy) is 1. The Bertz CT molecular complexity index is 888. The van der Waals surface area contributed by atoms with Gasteiger partial charge in [0.25, 0.3) is 5.91 Å². The summed E-state index contributed by atoms with van der Waals surface area (Å²) < 4.78 is 5.76. The van der Waals surface area contributed by atoms with Crippen LogP contribution in [0.15, 0.2) is 29.9 Å². The van der Waals surface area contributed by atoms with E-state index >= 15 is 0 Å². The molecule has 0 unspecified atom stereocenters. The molecular weight excluding hydrogens is 336 g/mol. The minimum atomic E-state index is 0.0702. The number of nitrogens with zero attached hydrogens (tertiary/aromatic N) is 3. The maximum atomic E-state index is 12.8. The number of amides is 1. The molecule has 1 fully saturated rings. The number of H-pyrrole nitrogens is 1. The molecule has 3 heterocycles. The molecule has 3 aromatic rings. The Kier molecular flexibility index (Phi) is 4.50. The van der Waals surface area contributed by atoms with Gasteiger partial charge in [-0.1, -0.05) is 6.07 Å². The third-order valence-electron chi connectivity index (χ3n) is 4.59. The fourth-order valence-corrected chi connectivity index (χ4v) is 4.06. The van der Waals surface area contributed by atoms with Gasteiger partial charge in [-0.25, -0.2) is 4.98 Å². The summed E-state index contributed by atoms with van der Waals surface area (Å²) in [6.07, 6.45) is 2.72. The van der Waals surface area contributed by atoms with E-state index in [9.17, 15) is 4.79 Å². The van der Waals surface area contributed by atoms with Crippen molar-refractivity contribution in [2.45, 2.75) is 13.3 Å². The molecular formula is C18H20N4O2S. The van der Waals surface area contributed by atoms with Crippen molar-refractivity contribution < 1.29 is 9.53 Å². The molecule has 1 aliphatic rings. The fraction of sp³-hybridized carbons (Fsp3) is 0.389. The first-order valence-corrected chi connectivity index (χ1v) is 9.28. The summed E-state index contributed by atoms with van der Waals surface area (Å²) in [7, 11) is 0. The van der Waals surface area contributed by atoms with Crippen LogP contribution in [0, 0.1) is 12.8 Å². The normalized spacial score (nSPS) is 18.4. The lowest BCUT2D eigenvalue weighted by atomic mass is 9.98. The van der Waals surface area contributed by atoms with Crippen LogP contribution < -0.4 is 0 Å². The predicted molar refractivity (Wildman–Crippen MR) is 96.9 cm³/mol. The van der Waals surface area contributed by atoms with E-state index in [4.69, 9.17) is 4.74 Å². The molecule has 2 aromatic heterocycles. The Morgan fingerprint density at radius 3 is 3.24 bits per heavy atom. The van der Waals surface area contributed by atoms with E-state index in [2.05, 4.69) is 33.4 Å². The van der Waals surface area contributed by atoms with Gasteiger partial charge in [0.2, 0.25) is 0 Å². The summed E-state index contributed by atoms with van der Waals surface area (Å²) in [5.74, 6) is 0.352. The molecule has 6 nitrogen and oxygen atoms in total. The minimum absolute atomic E-state index is 0.0702. The number of benzene rings is 1. The van der Waals surface area contributed by atoms with Crippen LogP contribution in [-0.4, -0.2) is 52.3 Å². The van der Waals surface area contributed by atoms with Gasteiger partial charge in [0.1, 0.15) is 4.88 Å². The Balaban J connectivity index is 1.49. The van der Waals surface area contributed by atoms with E-state index < -0.39 is 0 Å². The van der Waals surface area contributed by atoms with E-state index in [0.29, 0.717) is 26.3 Å². The van der Waals surface area contributed by atoms with Gasteiger partial charge in [-0.3, -0.25) is 9.89 Å². The average Bonchev–Trinajstić information content (AvgIpc) is 3.18. The van der Waals surface area contributed by atoms with Crippen LogP contribution in [0.4, 0.5) is 0 Å². The van der Waals surface area contributed by atoms with Gasteiger partial charge in [-0.05, 0) is 31.0 Å². The SMILES string of the molecule is Cc1ncsc1C(=O)N1CCOC[C@H](Cc2ccc3[nH]ncc3c2)C1. The fourth-order valence-electron chi connectivity index (χ4n) is 3.29. The number of carbonyl (C=O) groups is 1. The highest BCUT2D eigenvalue weighted by atomic mass is 32.1. The molecule has 0 bridgehead atoms. The summed E-state index contributed by atoms with van der Waals surface area (Å²) in [6.45, 7) is 4.48.